The molecule has 1 aromatic heterocycles. The molecule has 0 atom stereocenters. The molecule has 0 saturated heterocycles. The summed E-state index contributed by atoms with van der Waals surface area (Å²) >= 11 is 0. The van der Waals surface area contributed by atoms with Gasteiger partial charge in [0.05, 0.1) is 5.16 Å². The normalized spacial score (nSPS) is 10.4. The zero-order chi connectivity index (χ0) is 10.1. The second kappa shape index (κ2) is 2.99. The third-order valence-corrected chi connectivity index (χ3v) is 1.63. The number of hydrogen-bond acceptors (Lipinski definition) is 5. The Balaban J connectivity index is 2.59. The molecule has 1 heterocycles. The van der Waals surface area contributed by atoms with Crippen molar-refractivity contribution in [1.82, 2.24) is 5.16 Å². The highest BCUT2D eigenvalue weighted by Gasteiger charge is 2.15. The maximum Gasteiger partial charge on any atom is 0.308 e. The summed E-state index contributed by atoms with van der Waals surface area (Å²) in [5, 5.41) is 14.4. The number of fused-ring (bicyclic) bond motifs is 1. The first-order valence-corrected chi connectivity index (χ1v) is 3.85. The van der Waals surface area contributed by atoms with Gasteiger partial charge >= 0.3 is 5.97 Å². The summed E-state index contributed by atoms with van der Waals surface area (Å²) in [4.78, 5) is 11.0. The summed E-state index contributed by atoms with van der Waals surface area (Å²) in [7, 11) is 0. The lowest BCUT2D eigenvalue weighted by Crippen LogP contribution is -2.22. The number of aromatic nitrogens is 2. The number of ether oxygens (including phenoxy) is 1. The minimum atomic E-state index is -0.474. The Morgan fingerprint density at radius 2 is 2.43 bits per heavy atom. The lowest BCUT2D eigenvalue weighted by atomic mass is 10.3. The molecule has 0 aliphatic carbocycles. The molecule has 1 aromatic carbocycles. The van der Waals surface area contributed by atoms with E-state index in [0.717, 1.165) is 0 Å². The van der Waals surface area contributed by atoms with E-state index in [1.165, 1.54) is 19.1 Å². The molecular formula is C8H6N2O4. The van der Waals surface area contributed by atoms with Gasteiger partial charge < -0.3 is 9.94 Å². The zero-order valence-electron chi connectivity index (χ0n) is 7.26. The van der Waals surface area contributed by atoms with E-state index in [4.69, 9.17) is 4.74 Å². The Bertz CT molecular complexity index is 491. The molecular weight excluding hydrogens is 188 g/mol. The van der Waals surface area contributed by atoms with E-state index < -0.39 is 5.97 Å². The van der Waals surface area contributed by atoms with Gasteiger partial charge in [-0.2, -0.15) is 0 Å². The van der Waals surface area contributed by atoms with Crippen molar-refractivity contribution in [2.45, 2.75) is 6.92 Å². The first-order chi connectivity index (χ1) is 6.68. The van der Waals surface area contributed by atoms with E-state index >= 15 is 0 Å². The molecule has 0 saturated carbocycles. The van der Waals surface area contributed by atoms with Crippen molar-refractivity contribution in [2.75, 3.05) is 0 Å². The van der Waals surface area contributed by atoms with Gasteiger partial charge in [-0.3, -0.25) is 9.42 Å². The largest absolute Gasteiger partial charge is 0.422 e. The lowest BCUT2D eigenvalue weighted by molar-refractivity contribution is -0.782. The van der Waals surface area contributed by atoms with Crippen LogP contribution in [0.3, 0.4) is 0 Å². The summed E-state index contributed by atoms with van der Waals surface area (Å²) < 4.78 is 9.18. The van der Waals surface area contributed by atoms with Crippen molar-refractivity contribution in [3.8, 4) is 5.75 Å². The van der Waals surface area contributed by atoms with Crippen LogP contribution >= 0.6 is 0 Å². The lowest BCUT2D eigenvalue weighted by Gasteiger charge is -1.96. The van der Waals surface area contributed by atoms with Gasteiger partial charge in [-0.15, -0.1) is 0 Å². The van der Waals surface area contributed by atoms with Crippen LogP contribution in [0.25, 0.3) is 11.0 Å². The predicted molar refractivity (Wildman–Crippen MR) is 44.3 cm³/mol. The summed E-state index contributed by atoms with van der Waals surface area (Å²) in [5.41, 5.74) is 0.460. The molecule has 0 fully saturated rings. The second-order valence-corrected chi connectivity index (χ2v) is 2.65. The number of nitrogens with zero attached hydrogens (tertiary/aromatic N) is 2. The van der Waals surface area contributed by atoms with E-state index in [1.807, 2.05) is 0 Å². The molecule has 0 spiro atoms. The number of esters is 1. The summed E-state index contributed by atoms with van der Waals surface area (Å²) in [5.74, 6) is -0.258. The standard InChI is InChI=1S/C8H6N2O4/c1-5(11)13-7-4-2-3-6-8(7)9-14-10(6)12/h2-4H,1H3. The highest BCUT2D eigenvalue weighted by atomic mass is 16.8. The Morgan fingerprint density at radius 3 is 3.14 bits per heavy atom. The van der Waals surface area contributed by atoms with Gasteiger partial charge in [0.15, 0.2) is 5.75 Å². The fourth-order valence-electron chi connectivity index (χ4n) is 1.11. The van der Waals surface area contributed by atoms with E-state index in [-0.39, 0.29) is 21.7 Å². The Labute approximate surface area is 78.2 Å². The van der Waals surface area contributed by atoms with E-state index in [2.05, 4.69) is 9.79 Å². The van der Waals surface area contributed by atoms with Crippen LogP contribution in [0.1, 0.15) is 6.92 Å². The monoisotopic (exact) mass is 194 g/mol. The van der Waals surface area contributed by atoms with Crippen LogP contribution in [0.2, 0.25) is 0 Å². The van der Waals surface area contributed by atoms with Crippen molar-refractivity contribution in [1.29, 1.82) is 0 Å². The number of rotatable bonds is 1. The Hall–Kier alpha value is -2.11. The molecule has 2 aromatic rings. The fourth-order valence-corrected chi connectivity index (χ4v) is 1.11. The van der Waals surface area contributed by atoms with Crippen molar-refractivity contribution < 1.29 is 19.1 Å². The first-order valence-electron chi connectivity index (χ1n) is 3.85. The molecule has 0 radical (unpaired) electrons. The van der Waals surface area contributed by atoms with Crippen LogP contribution in [-0.4, -0.2) is 11.1 Å². The minimum Gasteiger partial charge on any atom is -0.422 e. The molecule has 14 heavy (non-hydrogen) atoms. The second-order valence-electron chi connectivity index (χ2n) is 2.65. The summed E-state index contributed by atoms with van der Waals surface area (Å²) in [6.07, 6.45) is 0. The van der Waals surface area contributed by atoms with Crippen LogP contribution in [0.4, 0.5) is 0 Å². The molecule has 2 rings (SSSR count). The van der Waals surface area contributed by atoms with Crippen molar-refractivity contribution in [3.63, 3.8) is 0 Å². The molecule has 0 aliphatic rings. The number of benzene rings is 1. The predicted octanol–water partition coefficient (Wildman–Crippen LogP) is 0.386. The van der Waals surface area contributed by atoms with Gasteiger partial charge in [0.2, 0.25) is 5.52 Å². The maximum absolute atomic E-state index is 11.0. The van der Waals surface area contributed by atoms with Gasteiger partial charge in [-0.1, -0.05) is 6.07 Å². The van der Waals surface area contributed by atoms with Gasteiger partial charge in [0.1, 0.15) is 0 Å². The van der Waals surface area contributed by atoms with Crippen LogP contribution in [-0.2, 0) is 4.79 Å². The van der Waals surface area contributed by atoms with E-state index in [0.29, 0.717) is 0 Å². The average Bonchev–Trinajstić information content (AvgIpc) is 2.49. The summed E-state index contributed by atoms with van der Waals surface area (Å²) in [6.45, 7) is 1.27. The smallest absolute Gasteiger partial charge is 0.308 e. The maximum atomic E-state index is 11.0. The number of carbonyl (C=O) groups excluding carboxylic acids is 1. The van der Waals surface area contributed by atoms with Crippen LogP contribution in [0.5, 0.6) is 5.75 Å². The highest BCUT2D eigenvalue weighted by molar-refractivity contribution is 5.81. The van der Waals surface area contributed by atoms with Crippen LogP contribution < -0.4 is 9.64 Å². The molecule has 0 N–H and O–H groups in total. The average molecular weight is 194 g/mol. The molecule has 6 nitrogen and oxygen atoms in total. The molecule has 0 amide bonds. The van der Waals surface area contributed by atoms with Gasteiger partial charge in [-0.25, -0.2) is 0 Å². The van der Waals surface area contributed by atoms with Crippen molar-refractivity contribution in [3.05, 3.63) is 23.4 Å². The van der Waals surface area contributed by atoms with Crippen LogP contribution in [0.15, 0.2) is 22.8 Å². The fraction of sp³-hybridized carbons (Fsp3) is 0.125. The van der Waals surface area contributed by atoms with E-state index in [1.54, 1.807) is 6.07 Å². The van der Waals surface area contributed by atoms with Crippen LogP contribution in [0, 0.1) is 5.21 Å². The topological polar surface area (TPSA) is 79.3 Å². The molecule has 0 aliphatic heterocycles. The number of carbonyl (C=O) groups is 1. The van der Waals surface area contributed by atoms with E-state index in [9.17, 15) is 10.0 Å². The minimum absolute atomic E-state index is 0.216. The molecule has 6 heteroatoms. The number of hydrogen-bond donors (Lipinski definition) is 0. The SMILES string of the molecule is CC(=O)Oc1cccc2c1no[n+]2[O-]. The highest BCUT2D eigenvalue weighted by Crippen LogP contribution is 2.20. The molecule has 72 valence electrons. The molecule has 0 bridgehead atoms. The Kier molecular flexibility index (Phi) is 1.81. The van der Waals surface area contributed by atoms with Gasteiger partial charge in [-0.05, 0) is 17.0 Å². The Morgan fingerprint density at radius 1 is 1.64 bits per heavy atom. The third kappa shape index (κ3) is 1.26. The summed E-state index contributed by atoms with van der Waals surface area (Å²) in [6, 6.07) is 4.63. The van der Waals surface area contributed by atoms with Gasteiger partial charge in [0.25, 0.3) is 5.52 Å². The first kappa shape index (κ1) is 8.49. The molecule has 0 unspecified atom stereocenters. The quantitative estimate of drug-likeness (QED) is 0.372. The van der Waals surface area contributed by atoms with Gasteiger partial charge in [0, 0.05) is 6.92 Å². The third-order valence-electron chi connectivity index (χ3n) is 1.63. The zero-order valence-corrected chi connectivity index (χ0v) is 7.26. The van der Waals surface area contributed by atoms with Crippen molar-refractivity contribution in [2.24, 2.45) is 0 Å². The van der Waals surface area contributed by atoms with Crippen molar-refractivity contribution >= 4 is 17.0 Å².